The van der Waals surface area contributed by atoms with Crippen LogP contribution in [0.4, 0.5) is 5.69 Å². The van der Waals surface area contributed by atoms with Gasteiger partial charge in [0.2, 0.25) is 0 Å². The molecule has 25 heavy (non-hydrogen) atoms. The third-order valence-electron chi connectivity index (χ3n) is 3.62. The van der Waals surface area contributed by atoms with Crippen LogP contribution in [0.3, 0.4) is 0 Å². The van der Waals surface area contributed by atoms with E-state index in [0.29, 0.717) is 26.4 Å². The number of nitrogens with zero attached hydrogens (tertiary/aromatic N) is 1. The van der Waals surface area contributed by atoms with Gasteiger partial charge in [-0.2, -0.15) is 0 Å². The van der Waals surface area contributed by atoms with Gasteiger partial charge in [-0.25, -0.2) is 0 Å². The van der Waals surface area contributed by atoms with Crippen LogP contribution in [0.25, 0.3) is 6.08 Å². The smallest absolute Gasteiger partial charge is 0.270 e. The Hall–Kier alpha value is -2.51. The summed E-state index contributed by atoms with van der Waals surface area (Å²) in [6, 6.07) is 12.0. The van der Waals surface area contributed by atoms with Gasteiger partial charge < -0.3 is 14.6 Å². The number of para-hydroxylation sites is 2. The summed E-state index contributed by atoms with van der Waals surface area (Å²) in [6.07, 6.45) is 1.74. The zero-order chi connectivity index (χ0) is 18.0. The summed E-state index contributed by atoms with van der Waals surface area (Å²) in [4.78, 5) is 14.5. The largest absolute Gasteiger partial charge is 0.506 e. The molecule has 1 aliphatic heterocycles. The molecule has 1 fully saturated rings. The summed E-state index contributed by atoms with van der Waals surface area (Å²) in [5.41, 5.74) is 1.16. The van der Waals surface area contributed by atoms with E-state index in [1.165, 1.54) is 22.7 Å². The summed E-state index contributed by atoms with van der Waals surface area (Å²) >= 11 is 6.50. The molecule has 1 saturated heterocycles. The van der Waals surface area contributed by atoms with Crippen molar-refractivity contribution < 1.29 is 19.4 Å². The molecule has 0 unspecified atom stereocenters. The molecule has 0 bridgehead atoms. The van der Waals surface area contributed by atoms with Crippen molar-refractivity contribution in [2.75, 3.05) is 19.1 Å². The first kappa shape index (κ1) is 17.3. The van der Waals surface area contributed by atoms with Gasteiger partial charge in [0.05, 0.1) is 24.8 Å². The number of benzene rings is 2. The number of thiocarbonyl (C=S) groups is 1. The predicted octanol–water partition coefficient (Wildman–Crippen LogP) is 3.82. The van der Waals surface area contributed by atoms with Gasteiger partial charge in [-0.15, -0.1) is 0 Å². The molecule has 7 heteroatoms. The fourth-order valence-corrected chi connectivity index (χ4v) is 3.71. The fourth-order valence-electron chi connectivity index (χ4n) is 2.42. The lowest BCUT2D eigenvalue weighted by molar-refractivity contribution is -0.113. The first-order valence-electron chi connectivity index (χ1n) is 7.33. The number of ether oxygens (including phenoxy) is 2. The average Bonchev–Trinajstić information content (AvgIpc) is 2.89. The van der Waals surface area contributed by atoms with Gasteiger partial charge in [0.25, 0.3) is 5.91 Å². The maximum atomic E-state index is 12.7. The van der Waals surface area contributed by atoms with E-state index in [1.807, 2.05) is 6.07 Å². The number of amides is 1. The number of phenolic OH excluding ortho intramolecular Hbond substituents is 1. The number of carbonyl (C=O) groups is 1. The third kappa shape index (κ3) is 3.33. The van der Waals surface area contributed by atoms with Gasteiger partial charge in [-0.1, -0.05) is 42.2 Å². The summed E-state index contributed by atoms with van der Waals surface area (Å²) < 4.78 is 10.9. The van der Waals surface area contributed by atoms with Crippen molar-refractivity contribution in [3.8, 4) is 17.2 Å². The molecule has 1 heterocycles. The average molecular weight is 373 g/mol. The lowest BCUT2D eigenvalue weighted by Crippen LogP contribution is -2.27. The highest BCUT2D eigenvalue weighted by Crippen LogP contribution is 2.39. The molecule has 0 spiro atoms. The number of methoxy groups -OCH3 is 2. The molecular formula is C18H15NO4S2. The Bertz CT molecular complexity index is 879. The lowest BCUT2D eigenvalue weighted by Gasteiger charge is -2.15. The molecule has 0 atom stereocenters. The highest BCUT2D eigenvalue weighted by molar-refractivity contribution is 8.27. The Morgan fingerprint density at radius 3 is 2.52 bits per heavy atom. The molecule has 128 valence electrons. The van der Waals surface area contributed by atoms with Gasteiger partial charge >= 0.3 is 0 Å². The number of carbonyl (C=O) groups excluding carboxylic acids is 1. The minimum Gasteiger partial charge on any atom is -0.506 e. The normalized spacial score (nSPS) is 15.8. The number of hydrogen-bond acceptors (Lipinski definition) is 6. The second-order valence-corrected chi connectivity index (χ2v) is 6.80. The van der Waals surface area contributed by atoms with E-state index in [1.54, 1.807) is 50.6 Å². The minimum atomic E-state index is -0.272. The van der Waals surface area contributed by atoms with Crippen molar-refractivity contribution in [2.24, 2.45) is 0 Å². The second-order valence-electron chi connectivity index (χ2n) is 5.12. The molecule has 2 aromatic carbocycles. The molecule has 2 aromatic rings. The molecular weight excluding hydrogens is 358 g/mol. The van der Waals surface area contributed by atoms with Crippen molar-refractivity contribution in [3.05, 3.63) is 52.9 Å². The standard InChI is InChI=1S/C18H15NO4S2/c1-22-14-8-7-11(9-15(14)23-2)10-16-17(21)19(18(24)25-16)12-5-3-4-6-13(12)20/h3-10,20H,1-2H3/b16-10+. The molecule has 0 saturated carbocycles. The lowest BCUT2D eigenvalue weighted by atomic mass is 10.2. The Labute approximate surface area is 154 Å². The second kappa shape index (κ2) is 7.16. The Morgan fingerprint density at radius 2 is 1.84 bits per heavy atom. The zero-order valence-electron chi connectivity index (χ0n) is 13.6. The summed E-state index contributed by atoms with van der Waals surface area (Å²) in [5, 5.41) is 10.00. The number of rotatable bonds is 4. The van der Waals surface area contributed by atoms with Gasteiger partial charge in [0.15, 0.2) is 15.8 Å². The molecule has 3 rings (SSSR count). The van der Waals surface area contributed by atoms with Crippen LogP contribution in [0.5, 0.6) is 17.2 Å². The SMILES string of the molecule is COc1ccc(/C=C2/SC(=S)N(c3ccccc3O)C2=O)cc1OC. The van der Waals surface area contributed by atoms with E-state index in [4.69, 9.17) is 21.7 Å². The highest BCUT2D eigenvalue weighted by Gasteiger charge is 2.34. The van der Waals surface area contributed by atoms with E-state index < -0.39 is 0 Å². The van der Waals surface area contributed by atoms with Crippen LogP contribution in [-0.2, 0) is 4.79 Å². The van der Waals surface area contributed by atoms with E-state index in [-0.39, 0.29) is 11.7 Å². The third-order valence-corrected chi connectivity index (χ3v) is 4.92. The van der Waals surface area contributed by atoms with E-state index in [0.717, 1.165) is 5.56 Å². The quantitative estimate of drug-likeness (QED) is 0.650. The molecule has 1 aliphatic rings. The van der Waals surface area contributed by atoms with Crippen molar-refractivity contribution >= 4 is 46.0 Å². The first-order valence-corrected chi connectivity index (χ1v) is 8.55. The zero-order valence-corrected chi connectivity index (χ0v) is 15.2. The molecule has 0 radical (unpaired) electrons. The molecule has 0 aliphatic carbocycles. The van der Waals surface area contributed by atoms with Crippen molar-refractivity contribution in [3.63, 3.8) is 0 Å². The van der Waals surface area contributed by atoms with E-state index >= 15 is 0 Å². The maximum Gasteiger partial charge on any atom is 0.270 e. The van der Waals surface area contributed by atoms with Crippen LogP contribution in [0, 0.1) is 0 Å². The summed E-state index contributed by atoms with van der Waals surface area (Å²) in [7, 11) is 3.12. The summed E-state index contributed by atoms with van der Waals surface area (Å²) in [6.45, 7) is 0. The Morgan fingerprint density at radius 1 is 1.12 bits per heavy atom. The van der Waals surface area contributed by atoms with Crippen LogP contribution in [0.15, 0.2) is 47.4 Å². The van der Waals surface area contributed by atoms with Crippen molar-refractivity contribution in [1.29, 1.82) is 0 Å². The van der Waals surface area contributed by atoms with Gasteiger partial charge in [-0.3, -0.25) is 9.69 Å². The monoisotopic (exact) mass is 373 g/mol. The summed E-state index contributed by atoms with van der Waals surface area (Å²) in [5.74, 6) is 0.922. The van der Waals surface area contributed by atoms with Crippen LogP contribution in [-0.4, -0.2) is 29.6 Å². The highest BCUT2D eigenvalue weighted by atomic mass is 32.2. The number of hydrogen-bond donors (Lipinski definition) is 1. The molecule has 0 aromatic heterocycles. The van der Waals surface area contributed by atoms with Gasteiger partial charge in [0, 0.05) is 0 Å². The number of anilines is 1. The van der Waals surface area contributed by atoms with Crippen molar-refractivity contribution in [2.45, 2.75) is 0 Å². The first-order chi connectivity index (χ1) is 12.0. The molecule has 1 N–H and O–H groups in total. The van der Waals surface area contributed by atoms with Crippen LogP contribution in [0.1, 0.15) is 5.56 Å². The Kier molecular flexibility index (Phi) is 4.96. The topological polar surface area (TPSA) is 59.0 Å². The van der Waals surface area contributed by atoms with Gasteiger partial charge in [0.1, 0.15) is 5.75 Å². The molecule has 1 amide bonds. The number of aromatic hydroxyl groups is 1. The number of phenols is 1. The minimum absolute atomic E-state index is 0.00571. The maximum absolute atomic E-state index is 12.7. The number of thioether (sulfide) groups is 1. The van der Waals surface area contributed by atoms with E-state index in [2.05, 4.69) is 0 Å². The fraction of sp³-hybridized carbons (Fsp3) is 0.111. The predicted molar refractivity (Wildman–Crippen MR) is 103 cm³/mol. The van der Waals surface area contributed by atoms with Crippen LogP contribution >= 0.6 is 24.0 Å². The van der Waals surface area contributed by atoms with Crippen LogP contribution in [0.2, 0.25) is 0 Å². The molecule has 5 nitrogen and oxygen atoms in total. The van der Waals surface area contributed by atoms with Crippen molar-refractivity contribution in [1.82, 2.24) is 0 Å². The van der Waals surface area contributed by atoms with E-state index in [9.17, 15) is 9.90 Å². The Balaban J connectivity index is 1.95. The van der Waals surface area contributed by atoms with Gasteiger partial charge in [-0.05, 0) is 35.9 Å². The van der Waals surface area contributed by atoms with Crippen LogP contribution < -0.4 is 14.4 Å².